The Morgan fingerprint density at radius 1 is 1.20 bits per heavy atom. The second kappa shape index (κ2) is 13.8. The number of nitrogens with one attached hydrogen (secondary N) is 3. The summed E-state index contributed by atoms with van der Waals surface area (Å²) in [5.41, 5.74) is 18.4. The zero-order valence-corrected chi connectivity index (χ0v) is 17.1. The van der Waals surface area contributed by atoms with Crippen molar-refractivity contribution in [2.24, 2.45) is 22.2 Å². The maximum absolute atomic E-state index is 12.2. The van der Waals surface area contributed by atoms with E-state index < -0.39 is 49.0 Å². The van der Waals surface area contributed by atoms with Crippen molar-refractivity contribution in [2.75, 3.05) is 13.1 Å². The first-order chi connectivity index (χ1) is 14.0. The van der Waals surface area contributed by atoms with E-state index in [0.29, 0.717) is 19.4 Å². The molecular weight excluding hydrogens is 400 g/mol. The zero-order chi connectivity index (χ0) is 23.3. The predicted molar refractivity (Wildman–Crippen MR) is 107 cm³/mol. The third-order valence-corrected chi connectivity index (χ3v) is 3.89. The van der Waals surface area contributed by atoms with E-state index in [1.165, 1.54) is 6.92 Å². The Morgan fingerprint density at radius 3 is 2.33 bits per heavy atom. The highest BCUT2D eigenvalue weighted by Crippen LogP contribution is 1.98. The number of carboxylic acid groups (broad SMARTS) is 1. The molecule has 0 aliphatic rings. The Balaban J connectivity index is 4.66. The van der Waals surface area contributed by atoms with Crippen LogP contribution in [-0.4, -0.2) is 70.8 Å². The molecule has 0 heterocycles. The number of ketones is 1. The number of nitrogens with zero attached hydrogens (tertiary/aromatic N) is 2. The molecule has 0 aromatic heterocycles. The number of carboxylic acids is 1. The van der Waals surface area contributed by atoms with Crippen molar-refractivity contribution < 1.29 is 29.2 Å². The predicted octanol–water partition coefficient (Wildman–Crippen LogP) is -2.95. The number of aliphatic imine (C=N–C) groups is 1. The van der Waals surface area contributed by atoms with Crippen molar-refractivity contribution in [1.29, 1.82) is 0 Å². The Hall–Kier alpha value is -3.29. The fraction of sp³-hybridized carbons (Fsp3) is 0.688. The number of hydrogen-bond donors (Lipinski definition) is 7. The Bertz CT molecular complexity index is 664. The average Bonchev–Trinajstić information content (AvgIpc) is 2.65. The number of nitrogens with two attached hydrogens (primary N) is 3. The van der Waals surface area contributed by atoms with Crippen LogP contribution in [0, 0.1) is 4.91 Å². The molecule has 170 valence electrons. The molecule has 0 aliphatic heterocycles. The second-order valence-corrected chi connectivity index (χ2v) is 6.48. The number of carbonyl (C=O) groups excluding carboxylic acids is 3. The van der Waals surface area contributed by atoms with E-state index in [4.69, 9.17) is 22.3 Å². The maximum atomic E-state index is 12.2. The van der Waals surface area contributed by atoms with Crippen molar-refractivity contribution in [1.82, 2.24) is 16.1 Å². The molecule has 30 heavy (non-hydrogen) atoms. The van der Waals surface area contributed by atoms with Crippen molar-refractivity contribution in [3.63, 3.8) is 0 Å². The molecule has 0 aromatic rings. The van der Waals surface area contributed by atoms with E-state index in [9.17, 15) is 24.1 Å². The van der Waals surface area contributed by atoms with E-state index in [2.05, 4.69) is 21.1 Å². The molecule has 14 heteroatoms. The summed E-state index contributed by atoms with van der Waals surface area (Å²) < 4.78 is 0. The molecule has 0 saturated heterocycles. The van der Waals surface area contributed by atoms with Gasteiger partial charge in [-0.1, -0.05) is 6.92 Å². The minimum atomic E-state index is -1.49. The van der Waals surface area contributed by atoms with Crippen molar-refractivity contribution >= 4 is 29.5 Å². The number of hydrazine groups is 1. The topological polar surface area (TPSA) is 235 Å². The lowest BCUT2D eigenvalue weighted by Crippen LogP contribution is -2.54. The van der Waals surface area contributed by atoms with Gasteiger partial charge in [0, 0.05) is 6.54 Å². The van der Waals surface area contributed by atoms with Gasteiger partial charge in [-0.25, -0.2) is 0 Å². The van der Waals surface area contributed by atoms with Crippen LogP contribution in [0.15, 0.2) is 4.99 Å². The molecule has 3 atom stereocenters. The molecule has 10 N–H and O–H groups in total. The SMILES string of the molecule is CC[C@H](N[N+](=O)[C@H](CC(=O)O)NC(=O)CNC(=O)[C@@H](N)CCCN=C(N)N)C(C)=O. The van der Waals surface area contributed by atoms with Crippen LogP contribution in [0.1, 0.15) is 39.5 Å². The first-order valence-electron chi connectivity index (χ1n) is 9.30. The van der Waals surface area contributed by atoms with E-state index in [-0.39, 0.29) is 23.0 Å². The van der Waals surface area contributed by atoms with Gasteiger partial charge in [-0.2, -0.15) is 0 Å². The van der Waals surface area contributed by atoms with Crippen molar-refractivity contribution in [2.45, 2.75) is 57.8 Å². The number of guanidine groups is 1. The van der Waals surface area contributed by atoms with Crippen molar-refractivity contribution in [3.05, 3.63) is 4.91 Å². The Kier molecular flexibility index (Phi) is 12.3. The summed E-state index contributed by atoms with van der Waals surface area (Å²) in [7, 11) is 0. The summed E-state index contributed by atoms with van der Waals surface area (Å²) in [6, 6.07) is -1.73. The van der Waals surface area contributed by atoms with Crippen LogP contribution >= 0.6 is 0 Å². The van der Waals surface area contributed by atoms with Crippen LogP contribution in [0.2, 0.25) is 0 Å². The molecule has 0 saturated carbocycles. The van der Waals surface area contributed by atoms with Gasteiger partial charge < -0.3 is 27.6 Å². The number of amides is 2. The molecule has 0 spiro atoms. The smallest absolute Gasteiger partial charge is 0.318 e. The third kappa shape index (κ3) is 11.5. The van der Waals surface area contributed by atoms with Gasteiger partial charge in [0.1, 0.15) is 17.3 Å². The van der Waals surface area contributed by atoms with Gasteiger partial charge in [-0.05, 0) is 26.2 Å². The van der Waals surface area contributed by atoms with E-state index >= 15 is 0 Å². The summed E-state index contributed by atoms with van der Waals surface area (Å²) in [5.74, 6) is -3.15. The third-order valence-electron chi connectivity index (χ3n) is 3.89. The molecule has 2 amide bonds. The fourth-order valence-electron chi connectivity index (χ4n) is 2.26. The normalized spacial score (nSPS) is 13.3. The Morgan fingerprint density at radius 2 is 1.83 bits per heavy atom. The summed E-state index contributed by atoms with van der Waals surface area (Å²) in [6.45, 7) is 2.71. The summed E-state index contributed by atoms with van der Waals surface area (Å²) in [6.07, 6.45) is -1.21. The lowest BCUT2D eigenvalue weighted by molar-refractivity contribution is -0.647. The van der Waals surface area contributed by atoms with Gasteiger partial charge in [-0.15, -0.1) is 5.43 Å². The molecule has 0 fully saturated rings. The number of nitroso groups, excluding NO2 is 1. The monoisotopic (exact) mass is 431 g/mol. The quantitative estimate of drug-likeness (QED) is 0.0347. The van der Waals surface area contributed by atoms with Gasteiger partial charge in [0.25, 0.3) is 0 Å². The zero-order valence-electron chi connectivity index (χ0n) is 17.1. The molecule has 0 aromatic carbocycles. The van der Waals surface area contributed by atoms with Crippen molar-refractivity contribution in [3.8, 4) is 0 Å². The van der Waals surface area contributed by atoms with Gasteiger partial charge in [0.15, 0.2) is 11.7 Å². The summed E-state index contributed by atoms with van der Waals surface area (Å²) in [5, 5.41) is 13.4. The molecule has 0 aliphatic carbocycles. The molecule has 0 bridgehead atoms. The molecular formula is C16H31N8O6+. The lowest BCUT2D eigenvalue weighted by Gasteiger charge is -2.15. The van der Waals surface area contributed by atoms with Crippen LogP contribution in [0.4, 0.5) is 0 Å². The van der Waals surface area contributed by atoms with Crippen LogP contribution in [-0.2, 0) is 19.2 Å². The highest BCUT2D eigenvalue weighted by molar-refractivity contribution is 5.87. The lowest BCUT2D eigenvalue weighted by atomic mass is 10.1. The summed E-state index contributed by atoms with van der Waals surface area (Å²) in [4.78, 5) is 62.4. The Labute approximate surface area is 173 Å². The number of hydrogen-bond acceptors (Lipinski definition) is 7. The second-order valence-electron chi connectivity index (χ2n) is 6.48. The van der Waals surface area contributed by atoms with E-state index in [1.54, 1.807) is 6.92 Å². The number of Topliss-reactive ketones (excluding diaryl/α,β-unsaturated/α-hetero) is 1. The molecule has 0 radical (unpaired) electrons. The first-order valence-corrected chi connectivity index (χ1v) is 9.30. The van der Waals surface area contributed by atoms with Crippen LogP contribution in [0.25, 0.3) is 0 Å². The highest BCUT2D eigenvalue weighted by atomic mass is 16.4. The fourth-order valence-corrected chi connectivity index (χ4v) is 2.26. The maximum Gasteiger partial charge on any atom is 0.318 e. The van der Waals surface area contributed by atoms with Gasteiger partial charge in [0.05, 0.1) is 17.5 Å². The van der Waals surface area contributed by atoms with Crippen LogP contribution in [0.5, 0.6) is 0 Å². The molecule has 0 rings (SSSR count). The molecule has 14 nitrogen and oxygen atoms in total. The summed E-state index contributed by atoms with van der Waals surface area (Å²) >= 11 is 0. The van der Waals surface area contributed by atoms with E-state index in [0.717, 1.165) is 0 Å². The van der Waals surface area contributed by atoms with Crippen LogP contribution in [0.3, 0.4) is 0 Å². The minimum Gasteiger partial charge on any atom is -0.481 e. The number of carbonyl (C=O) groups is 4. The van der Waals surface area contributed by atoms with Gasteiger partial charge in [-0.3, -0.25) is 29.5 Å². The van der Waals surface area contributed by atoms with E-state index in [1.807, 2.05) is 0 Å². The molecule has 0 unspecified atom stereocenters. The largest absolute Gasteiger partial charge is 0.481 e. The standard InChI is InChI=1S/C16H30N8O6/c1-3-11(9(2)25)23-24(30)12(7-14(27)28)22-13(26)8-21-15(29)10(17)5-4-6-20-16(18)19/h10-12H,3-8,17H2,1-2H3,(H7-,18,19,20,21,22,23,26,27,28,29,30)/p+1/t10-,11-,12+/m0/s1. The van der Waals surface area contributed by atoms with Gasteiger partial charge >= 0.3 is 12.1 Å². The number of rotatable bonds is 15. The van der Waals surface area contributed by atoms with Gasteiger partial charge in [0.2, 0.25) is 11.8 Å². The average molecular weight is 431 g/mol. The minimum absolute atomic E-state index is 0.0731. The van der Waals surface area contributed by atoms with Crippen LogP contribution < -0.4 is 33.3 Å². The highest BCUT2D eigenvalue weighted by Gasteiger charge is 2.33. The first kappa shape index (κ1) is 26.7. The number of aliphatic carboxylic acids is 1.